The summed E-state index contributed by atoms with van der Waals surface area (Å²) in [6, 6.07) is 6.45. The number of carbonyl (C=O) groups is 3. The first-order valence-corrected chi connectivity index (χ1v) is 10.5. The van der Waals surface area contributed by atoms with Gasteiger partial charge in [-0.1, -0.05) is 18.2 Å². The third kappa shape index (κ3) is 7.12. The minimum atomic E-state index is -0.645. The molecular formula is C24H33NO6. The Morgan fingerprint density at radius 3 is 2.03 bits per heavy atom. The van der Waals surface area contributed by atoms with Crippen LogP contribution < -0.4 is 0 Å². The topological polar surface area (TPSA) is 82.1 Å². The van der Waals surface area contributed by atoms with Crippen molar-refractivity contribution in [2.45, 2.75) is 72.1 Å². The van der Waals surface area contributed by atoms with Crippen molar-refractivity contribution in [3.8, 4) is 0 Å². The van der Waals surface area contributed by atoms with Crippen LogP contribution in [0, 0.1) is 0 Å². The average Bonchev–Trinajstić information content (AvgIpc) is 2.65. The Kier molecular flexibility index (Phi) is 7.52. The minimum absolute atomic E-state index is 0.224. The lowest BCUT2D eigenvalue weighted by Gasteiger charge is -2.36. The Labute approximate surface area is 184 Å². The molecule has 2 rings (SSSR count). The van der Waals surface area contributed by atoms with Crippen LogP contribution in [0.3, 0.4) is 0 Å². The summed E-state index contributed by atoms with van der Waals surface area (Å²) in [4.78, 5) is 39.0. The largest absolute Gasteiger partial charge is 0.463 e. The molecule has 1 heterocycles. The number of ether oxygens (including phenoxy) is 3. The highest BCUT2D eigenvalue weighted by Crippen LogP contribution is 2.33. The Bertz CT molecular complexity index is 842. The normalized spacial score (nSPS) is 16.9. The summed E-state index contributed by atoms with van der Waals surface area (Å²) in [6.45, 7) is 13.1. The number of esters is 2. The highest BCUT2D eigenvalue weighted by Gasteiger charge is 2.34. The molecule has 31 heavy (non-hydrogen) atoms. The summed E-state index contributed by atoms with van der Waals surface area (Å²) in [5, 5.41) is 0. The molecule has 7 nitrogen and oxygen atoms in total. The molecule has 0 saturated heterocycles. The van der Waals surface area contributed by atoms with E-state index in [1.54, 1.807) is 62.9 Å². The summed E-state index contributed by atoms with van der Waals surface area (Å²) < 4.78 is 16.1. The fourth-order valence-corrected chi connectivity index (χ4v) is 3.13. The van der Waals surface area contributed by atoms with Gasteiger partial charge in [0.1, 0.15) is 11.2 Å². The highest BCUT2D eigenvalue weighted by molar-refractivity contribution is 5.90. The van der Waals surface area contributed by atoms with Crippen LogP contribution in [-0.2, 0) is 19.0 Å². The lowest BCUT2D eigenvalue weighted by molar-refractivity contribution is -0.139. The Balaban J connectivity index is 2.31. The standard InChI is InChI=1S/C24H33NO6/c1-8-29-20(26)18-13-14-25(22(28)31-24(5,6)7)19(15-18)16-9-11-17(12-10-16)21(27)30-23(2,3)4/h9-13,19H,8,14-15H2,1-7H3. The SMILES string of the molecule is CCOC(=O)C1=CCN(C(=O)OC(C)(C)C)C(c2ccc(C(=O)OC(C)(C)C)cc2)C1. The second-order valence-electron chi connectivity index (χ2n) is 9.43. The van der Waals surface area contributed by atoms with Crippen molar-refractivity contribution in [3.05, 3.63) is 47.0 Å². The molecule has 0 bridgehead atoms. The maximum atomic E-state index is 12.8. The summed E-state index contributed by atoms with van der Waals surface area (Å²) in [7, 11) is 0. The summed E-state index contributed by atoms with van der Waals surface area (Å²) >= 11 is 0. The van der Waals surface area contributed by atoms with Crippen molar-refractivity contribution in [2.24, 2.45) is 0 Å². The molecule has 1 unspecified atom stereocenters. The molecule has 0 aromatic heterocycles. The van der Waals surface area contributed by atoms with Gasteiger partial charge in [-0.15, -0.1) is 0 Å². The van der Waals surface area contributed by atoms with Gasteiger partial charge in [0.05, 0.1) is 18.2 Å². The molecule has 7 heteroatoms. The third-order valence-electron chi connectivity index (χ3n) is 4.42. The first-order chi connectivity index (χ1) is 14.3. The van der Waals surface area contributed by atoms with Crippen LogP contribution in [0.2, 0.25) is 0 Å². The van der Waals surface area contributed by atoms with E-state index in [0.717, 1.165) is 5.56 Å². The predicted molar refractivity (Wildman–Crippen MR) is 117 cm³/mol. The molecule has 170 valence electrons. The number of benzene rings is 1. The van der Waals surface area contributed by atoms with E-state index in [1.165, 1.54) is 0 Å². The lowest BCUT2D eigenvalue weighted by Crippen LogP contribution is -2.42. The van der Waals surface area contributed by atoms with Crippen molar-refractivity contribution in [1.82, 2.24) is 4.90 Å². The fourth-order valence-electron chi connectivity index (χ4n) is 3.13. The summed E-state index contributed by atoms with van der Waals surface area (Å²) in [6.07, 6.45) is 1.53. The van der Waals surface area contributed by atoms with E-state index in [2.05, 4.69) is 0 Å². The van der Waals surface area contributed by atoms with Crippen molar-refractivity contribution in [1.29, 1.82) is 0 Å². The second kappa shape index (κ2) is 9.54. The van der Waals surface area contributed by atoms with Crippen LogP contribution in [0.4, 0.5) is 4.79 Å². The molecule has 1 amide bonds. The predicted octanol–water partition coefficient (Wildman–Crippen LogP) is 4.81. The molecule has 1 aromatic rings. The van der Waals surface area contributed by atoms with Gasteiger partial charge in [-0.3, -0.25) is 4.90 Å². The Morgan fingerprint density at radius 1 is 0.935 bits per heavy atom. The van der Waals surface area contributed by atoms with Gasteiger partial charge < -0.3 is 14.2 Å². The van der Waals surface area contributed by atoms with Crippen molar-refractivity contribution in [3.63, 3.8) is 0 Å². The number of rotatable bonds is 4. The molecule has 1 aliphatic heterocycles. The van der Waals surface area contributed by atoms with E-state index >= 15 is 0 Å². The van der Waals surface area contributed by atoms with E-state index in [-0.39, 0.29) is 19.1 Å². The number of hydrogen-bond acceptors (Lipinski definition) is 6. The van der Waals surface area contributed by atoms with Crippen molar-refractivity contribution >= 4 is 18.0 Å². The first-order valence-electron chi connectivity index (χ1n) is 10.5. The van der Waals surface area contributed by atoms with Gasteiger partial charge in [0.2, 0.25) is 0 Å². The molecule has 1 aromatic carbocycles. The highest BCUT2D eigenvalue weighted by atomic mass is 16.6. The van der Waals surface area contributed by atoms with Gasteiger partial charge in [-0.25, -0.2) is 14.4 Å². The van der Waals surface area contributed by atoms with E-state index in [1.807, 2.05) is 20.8 Å². The van der Waals surface area contributed by atoms with Gasteiger partial charge in [0, 0.05) is 18.5 Å². The molecule has 1 aliphatic rings. The number of amides is 1. The Morgan fingerprint density at radius 2 is 1.52 bits per heavy atom. The number of carbonyl (C=O) groups excluding carboxylic acids is 3. The zero-order chi connectivity index (χ0) is 23.4. The molecule has 0 saturated carbocycles. The lowest BCUT2D eigenvalue weighted by atomic mass is 9.93. The number of nitrogens with zero attached hydrogens (tertiary/aromatic N) is 1. The van der Waals surface area contributed by atoms with Crippen molar-refractivity contribution < 1.29 is 28.6 Å². The van der Waals surface area contributed by atoms with E-state index in [4.69, 9.17) is 14.2 Å². The third-order valence-corrected chi connectivity index (χ3v) is 4.42. The van der Waals surface area contributed by atoms with Crippen LogP contribution in [0.5, 0.6) is 0 Å². The minimum Gasteiger partial charge on any atom is -0.463 e. The maximum absolute atomic E-state index is 12.8. The van der Waals surface area contributed by atoms with Crippen LogP contribution in [0.15, 0.2) is 35.9 Å². The monoisotopic (exact) mass is 431 g/mol. The molecule has 0 radical (unpaired) electrons. The zero-order valence-corrected chi connectivity index (χ0v) is 19.5. The quantitative estimate of drug-likeness (QED) is 0.502. The van der Waals surface area contributed by atoms with Gasteiger partial charge in [-0.05, 0) is 66.2 Å². The smallest absolute Gasteiger partial charge is 0.411 e. The molecule has 0 fully saturated rings. The maximum Gasteiger partial charge on any atom is 0.411 e. The summed E-state index contributed by atoms with van der Waals surface area (Å²) in [5.41, 5.74) is 0.481. The fraction of sp³-hybridized carbons (Fsp3) is 0.542. The molecule has 0 spiro atoms. The average molecular weight is 432 g/mol. The van der Waals surface area contributed by atoms with Gasteiger partial charge in [0.25, 0.3) is 0 Å². The molecule has 0 N–H and O–H groups in total. The van der Waals surface area contributed by atoms with E-state index in [9.17, 15) is 14.4 Å². The van der Waals surface area contributed by atoms with Crippen LogP contribution in [0.1, 0.15) is 76.9 Å². The van der Waals surface area contributed by atoms with Crippen LogP contribution in [0.25, 0.3) is 0 Å². The van der Waals surface area contributed by atoms with Gasteiger partial charge >= 0.3 is 18.0 Å². The molecule has 1 atom stereocenters. The Hall–Kier alpha value is -2.83. The molecule has 0 aliphatic carbocycles. The van der Waals surface area contributed by atoms with Crippen molar-refractivity contribution in [2.75, 3.05) is 13.2 Å². The number of hydrogen-bond donors (Lipinski definition) is 0. The van der Waals surface area contributed by atoms with Gasteiger partial charge in [0.15, 0.2) is 0 Å². The summed E-state index contributed by atoms with van der Waals surface area (Å²) in [5.74, 6) is -0.805. The van der Waals surface area contributed by atoms with Crippen LogP contribution in [-0.4, -0.2) is 47.3 Å². The first kappa shape index (κ1) is 24.4. The van der Waals surface area contributed by atoms with Crippen LogP contribution >= 0.6 is 0 Å². The second-order valence-corrected chi connectivity index (χ2v) is 9.43. The zero-order valence-electron chi connectivity index (χ0n) is 19.5. The van der Waals surface area contributed by atoms with E-state index < -0.39 is 29.3 Å². The van der Waals surface area contributed by atoms with E-state index in [0.29, 0.717) is 17.6 Å². The van der Waals surface area contributed by atoms with Gasteiger partial charge in [-0.2, -0.15) is 0 Å². The molecular weight excluding hydrogens is 398 g/mol.